The van der Waals surface area contributed by atoms with E-state index < -0.39 is 0 Å². The first kappa shape index (κ1) is 20.6. The number of para-hydroxylation sites is 2. The lowest BCUT2D eigenvalue weighted by Crippen LogP contribution is -2.49. The second-order valence-corrected chi connectivity index (χ2v) is 7.84. The second kappa shape index (κ2) is 9.39. The lowest BCUT2D eigenvalue weighted by molar-refractivity contribution is -0.122. The molecule has 1 aliphatic rings. The van der Waals surface area contributed by atoms with Crippen LogP contribution in [0.4, 0.5) is 0 Å². The van der Waals surface area contributed by atoms with Crippen LogP contribution in [0.2, 0.25) is 0 Å². The van der Waals surface area contributed by atoms with Gasteiger partial charge in [0.1, 0.15) is 6.54 Å². The Morgan fingerprint density at radius 1 is 1.14 bits per heavy atom. The summed E-state index contributed by atoms with van der Waals surface area (Å²) in [5.41, 5.74) is 1.54. The molecule has 0 bridgehead atoms. The van der Waals surface area contributed by atoms with Crippen LogP contribution < -0.4 is 11.0 Å². The van der Waals surface area contributed by atoms with E-state index in [0.29, 0.717) is 25.0 Å². The Morgan fingerprint density at radius 2 is 1.79 bits per heavy atom. The number of imidazole rings is 1. The number of benzene rings is 1. The number of morpholine rings is 1. The highest BCUT2D eigenvalue weighted by Gasteiger charge is 2.23. The maximum atomic E-state index is 12.7. The molecule has 1 atom stereocenters. The summed E-state index contributed by atoms with van der Waals surface area (Å²) in [5.74, 6) is 0.429. The van der Waals surface area contributed by atoms with Crippen molar-refractivity contribution >= 4 is 16.9 Å². The van der Waals surface area contributed by atoms with E-state index in [4.69, 9.17) is 4.74 Å². The van der Waals surface area contributed by atoms with Crippen LogP contribution in [0.1, 0.15) is 27.2 Å². The van der Waals surface area contributed by atoms with Crippen LogP contribution in [0.3, 0.4) is 0 Å². The zero-order valence-electron chi connectivity index (χ0n) is 17.2. The van der Waals surface area contributed by atoms with Gasteiger partial charge < -0.3 is 10.1 Å². The minimum absolute atomic E-state index is 0.0455. The largest absolute Gasteiger partial charge is 0.379 e. The Morgan fingerprint density at radius 3 is 2.39 bits per heavy atom. The van der Waals surface area contributed by atoms with Crippen molar-refractivity contribution in [2.45, 2.75) is 46.3 Å². The van der Waals surface area contributed by atoms with Crippen molar-refractivity contribution in [1.29, 1.82) is 0 Å². The summed E-state index contributed by atoms with van der Waals surface area (Å²) in [6.07, 6.45) is 1.02. The molecule has 1 aliphatic heterocycles. The van der Waals surface area contributed by atoms with Crippen molar-refractivity contribution in [3.8, 4) is 0 Å². The van der Waals surface area contributed by atoms with Crippen molar-refractivity contribution < 1.29 is 9.53 Å². The molecule has 0 saturated carbocycles. The summed E-state index contributed by atoms with van der Waals surface area (Å²) in [7, 11) is 0. The summed E-state index contributed by atoms with van der Waals surface area (Å²) in [6, 6.07) is 7.92. The summed E-state index contributed by atoms with van der Waals surface area (Å²) in [5, 5.41) is 3.06. The molecule has 154 valence electrons. The molecule has 0 radical (unpaired) electrons. The number of aryl methyl sites for hydroxylation is 1. The topological polar surface area (TPSA) is 68.5 Å². The molecule has 0 spiro atoms. The number of hydrogen-bond donors (Lipinski definition) is 1. The number of hydrogen-bond acceptors (Lipinski definition) is 4. The fourth-order valence-electron chi connectivity index (χ4n) is 4.01. The number of amides is 1. The van der Waals surface area contributed by atoms with Gasteiger partial charge in [0.15, 0.2) is 0 Å². The highest BCUT2D eigenvalue weighted by Crippen LogP contribution is 2.14. The molecule has 1 fully saturated rings. The molecular weight excluding hydrogens is 356 g/mol. The number of carbonyl (C=O) groups is 1. The first-order valence-electron chi connectivity index (χ1n) is 10.3. The summed E-state index contributed by atoms with van der Waals surface area (Å²) >= 11 is 0. The molecule has 1 aromatic carbocycles. The molecule has 1 aromatic heterocycles. The Balaban J connectivity index is 1.68. The van der Waals surface area contributed by atoms with E-state index >= 15 is 0 Å². The van der Waals surface area contributed by atoms with Gasteiger partial charge in [-0.15, -0.1) is 0 Å². The van der Waals surface area contributed by atoms with E-state index in [1.54, 1.807) is 9.13 Å². The Labute approximate surface area is 166 Å². The monoisotopic (exact) mass is 388 g/mol. The van der Waals surface area contributed by atoms with Gasteiger partial charge >= 0.3 is 5.69 Å². The number of ether oxygens (including phenoxy) is 1. The zero-order chi connectivity index (χ0) is 20.1. The highest BCUT2D eigenvalue weighted by atomic mass is 16.5. The van der Waals surface area contributed by atoms with Crippen molar-refractivity contribution in [3.63, 3.8) is 0 Å². The Bertz CT molecular complexity index is 849. The quantitative estimate of drug-likeness (QED) is 0.747. The molecule has 1 saturated heterocycles. The van der Waals surface area contributed by atoms with Crippen molar-refractivity contribution in [1.82, 2.24) is 19.4 Å². The smallest absolute Gasteiger partial charge is 0.329 e. The highest BCUT2D eigenvalue weighted by molar-refractivity contribution is 5.80. The normalized spacial score (nSPS) is 16.6. The van der Waals surface area contributed by atoms with Crippen molar-refractivity contribution in [2.24, 2.45) is 5.92 Å². The molecule has 7 nitrogen and oxygen atoms in total. The average molecular weight is 389 g/mol. The summed E-state index contributed by atoms with van der Waals surface area (Å²) in [4.78, 5) is 27.8. The van der Waals surface area contributed by atoms with E-state index in [0.717, 1.165) is 43.8 Å². The predicted molar refractivity (Wildman–Crippen MR) is 111 cm³/mol. The summed E-state index contributed by atoms with van der Waals surface area (Å²) < 4.78 is 8.73. The van der Waals surface area contributed by atoms with Gasteiger partial charge in [-0.2, -0.15) is 0 Å². The van der Waals surface area contributed by atoms with Crippen LogP contribution in [0.5, 0.6) is 0 Å². The lowest BCUT2D eigenvalue weighted by Gasteiger charge is -2.35. The molecule has 2 aromatic rings. The van der Waals surface area contributed by atoms with Crippen molar-refractivity contribution in [3.05, 3.63) is 34.7 Å². The maximum absolute atomic E-state index is 12.7. The number of carbonyl (C=O) groups excluding carboxylic acids is 1. The fraction of sp³-hybridized carbons (Fsp3) is 0.619. The first-order valence-corrected chi connectivity index (χ1v) is 10.3. The van der Waals surface area contributed by atoms with Crippen LogP contribution in [-0.4, -0.2) is 58.8 Å². The SMILES string of the molecule is CCn1c(=O)n(CC(=O)NCC(CC(C)C)N2CCOCC2)c2ccccc21. The lowest BCUT2D eigenvalue weighted by atomic mass is 10.0. The first-order chi connectivity index (χ1) is 13.5. The van der Waals surface area contributed by atoms with Crippen LogP contribution in [-0.2, 0) is 22.6 Å². The molecule has 2 heterocycles. The molecule has 1 N–H and O–H groups in total. The van der Waals surface area contributed by atoms with E-state index in [-0.39, 0.29) is 18.1 Å². The molecule has 1 unspecified atom stereocenters. The van der Waals surface area contributed by atoms with E-state index in [1.165, 1.54) is 0 Å². The predicted octanol–water partition coefficient (Wildman–Crippen LogP) is 1.69. The molecule has 28 heavy (non-hydrogen) atoms. The zero-order valence-corrected chi connectivity index (χ0v) is 17.2. The molecular formula is C21H32N4O3. The van der Waals surface area contributed by atoms with E-state index in [1.807, 2.05) is 31.2 Å². The van der Waals surface area contributed by atoms with Gasteiger partial charge in [-0.3, -0.25) is 18.8 Å². The third kappa shape index (κ3) is 4.64. The molecule has 7 heteroatoms. The molecule has 3 rings (SSSR count). The third-order valence-corrected chi connectivity index (χ3v) is 5.38. The third-order valence-electron chi connectivity index (χ3n) is 5.38. The van der Waals surface area contributed by atoms with Crippen LogP contribution in [0.15, 0.2) is 29.1 Å². The van der Waals surface area contributed by atoms with E-state index in [2.05, 4.69) is 24.1 Å². The van der Waals surface area contributed by atoms with Gasteiger partial charge in [0.2, 0.25) is 5.91 Å². The minimum atomic E-state index is -0.134. The summed E-state index contributed by atoms with van der Waals surface area (Å²) in [6.45, 7) is 10.9. The number of rotatable bonds is 8. The van der Waals surface area contributed by atoms with E-state index in [9.17, 15) is 9.59 Å². The number of nitrogens with zero attached hydrogens (tertiary/aromatic N) is 3. The molecule has 1 amide bonds. The minimum Gasteiger partial charge on any atom is -0.379 e. The number of nitrogens with one attached hydrogen (secondary N) is 1. The van der Waals surface area contributed by atoms with Crippen molar-refractivity contribution in [2.75, 3.05) is 32.8 Å². The fourth-order valence-corrected chi connectivity index (χ4v) is 4.01. The average Bonchev–Trinajstić information content (AvgIpc) is 2.96. The molecule has 0 aliphatic carbocycles. The number of fused-ring (bicyclic) bond motifs is 1. The van der Waals surface area contributed by atoms with Crippen LogP contribution >= 0.6 is 0 Å². The van der Waals surface area contributed by atoms with Gasteiger partial charge in [-0.05, 0) is 31.4 Å². The maximum Gasteiger partial charge on any atom is 0.329 e. The standard InChI is InChI=1S/C21H32N4O3/c1-4-24-18-7-5-6-8-19(18)25(21(24)27)15-20(26)22-14-17(13-16(2)3)23-9-11-28-12-10-23/h5-8,16-17H,4,9-15H2,1-3H3,(H,22,26). The van der Waals surface area contributed by atoms with Gasteiger partial charge in [0.25, 0.3) is 0 Å². The Hall–Kier alpha value is -2.12. The van der Waals surface area contributed by atoms with Gasteiger partial charge in [-0.25, -0.2) is 4.79 Å². The number of aromatic nitrogens is 2. The van der Waals surface area contributed by atoms with Gasteiger partial charge in [0, 0.05) is 32.2 Å². The van der Waals surface area contributed by atoms with Gasteiger partial charge in [-0.1, -0.05) is 26.0 Å². The van der Waals surface area contributed by atoms with Gasteiger partial charge in [0.05, 0.1) is 24.2 Å². The second-order valence-electron chi connectivity index (χ2n) is 7.84. The Kier molecular flexibility index (Phi) is 6.91. The van der Waals surface area contributed by atoms with Crippen LogP contribution in [0.25, 0.3) is 11.0 Å². The van der Waals surface area contributed by atoms with Crippen LogP contribution in [0, 0.1) is 5.92 Å².